The van der Waals surface area contributed by atoms with Gasteiger partial charge in [0.2, 0.25) is 0 Å². The van der Waals surface area contributed by atoms with Gasteiger partial charge >= 0.3 is 0 Å². The number of hydrogen-bond acceptors (Lipinski definition) is 1. The first-order chi connectivity index (χ1) is 25.3. The summed E-state index contributed by atoms with van der Waals surface area (Å²) in [5.41, 5.74) is 8.33. The summed E-state index contributed by atoms with van der Waals surface area (Å²) in [4.78, 5) is 2.38. The Hall–Kier alpha value is -6.70. The molecule has 0 unspecified atom stereocenters. The third-order valence-corrected chi connectivity index (χ3v) is 10.4. The van der Waals surface area contributed by atoms with Gasteiger partial charge in [-0.1, -0.05) is 152 Å². The van der Waals surface area contributed by atoms with Crippen LogP contribution < -0.4 is 4.90 Å². The van der Waals surface area contributed by atoms with Crippen molar-refractivity contribution >= 4 is 70.9 Å². The van der Waals surface area contributed by atoms with Crippen molar-refractivity contribution in [2.75, 3.05) is 4.90 Å². The average Bonchev–Trinajstić information content (AvgIpc) is 3.20. The van der Waals surface area contributed by atoms with Crippen molar-refractivity contribution in [1.29, 1.82) is 0 Å². The molecule has 0 saturated heterocycles. The van der Waals surface area contributed by atoms with E-state index in [0.29, 0.717) is 0 Å². The maximum atomic E-state index is 2.38. The number of rotatable bonds is 5. The fourth-order valence-corrected chi connectivity index (χ4v) is 7.97. The molecule has 1 nitrogen and oxygen atoms in total. The van der Waals surface area contributed by atoms with Crippen molar-refractivity contribution < 1.29 is 0 Å². The molecule has 10 rings (SSSR count). The molecule has 10 aromatic rings. The Balaban J connectivity index is 1.12. The van der Waals surface area contributed by atoms with E-state index in [0.717, 1.165) is 17.1 Å². The van der Waals surface area contributed by atoms with Crippen LogP contribution in [0.1, 0.15) is 0 Å². The van der Waals surface area contributed by atoms with Crippen LogP contribution in [0.5, 0.6) is 0 Å². The first kappa shape index (κ1) is 29.2. The number of nitrogens with zero attached hydrogens (tertiary/aromatic N) is 1. The van der Waals surface area contributed by atoms with Gasteiger partial charge in [-0.15, -0.1) is 0 Å². The van der Waals surface area contributed by atoms with Crippen LogP contribution in [0, 0.1) is 0 Å². The zero-order valence-corrected chi connectivity index (χ0v) is 28.0. The van der Waals surface area contributed by atoms with Crippen LogP contribution >= 0.6 is 0 Å². The Bertz CT molecular complexity index is 2630. The van der Waals surface area contributed by atoms with E-state index in [1.807, 2.05) is 0 Å². The lowest BCUT2D eigenvalue weighted by Gasteiger charge is -2.26. The van der Waals surface area contributed by atoms with Gasteiger partial charge in [-0.25, -0.2) is 0 Å². The third kappa shape index (κ3) is 5.02. The third-order valence-electron chi connectivity index (χ3n) is 10.4. The zero-order chi connectivity index (χ0) is 33.7. The Morgan fingerprint density at radius 1 is 0.235 bits per heavy atom. The van der Waals surface area contributed by atoms with Crippen molar-refractivity contribution in [3.63, 3.8) is 0 Å². The lowest BCUT2D eigenvalue weighted by molar-refractivity contribution is 1.29. The number of fused-ring (bicyclic) bond motifs is 5. The predicted octanol–water partition coefficient (Wildman–Crippen LogP) is 14.3. The smallest absolute Gasteiger partial charge is 0.0468 e. The summed E-state index contributed by atoms with van der Waals surface area (Å²) in [7, 11) is 0. The Morgan fingerprint density at radius 2 is 0.569 bits per heavy atom. The molecule has 0 aromatic heterocycles. The van der Waals surface area contributed by atoms with Crippen LogP contribution in [0.25, 0.3) is 76.1 Å². The molecule has 0 radical (unpaired) electrons. The highest BCUT2D eigenvalue weighted by Crippen LogP contribution is 2.42. The van der Waals surface area contributed by atoms with Gasteiger partial charge in [-0.3, -0.25) is 0 Å². The summed E-state index contributed by atoms with van der Waals surface area (Å²) >= 11 is 0. The van der Waals surface area contributed by atoms with Gasteiger partial charge in [0.15, 0.2) is 0 Å². The monoisotopic (exact) mass is 647 g/mol. The molecule has 1 heteroatoms. The molecule has 10 aromatic carbocycles. The highest BCUT2D eigenvalue weighted by molar-refractivity contribution is 6.14. The van der Waals surface area contributed by atoms with E-state index in [9.17, 15) is 0 Å². The quantitative estimate of drug-likeness (QED) is 0.168. The second kappa shape index (κ2) is 12.0. The molecule has 0 heterocycles. The van der Waals surface area contributed by atoms with Crippen molar-refractivity contribution in [3.8, 4) is 22.3 Å². The van der Waals surface area contributed by atoms with E-state index in [1.165, 1.54) is 76.1 Å². The summed E-state index contributed by atoms with van der Waals surface area (Å²) in [6.07, 6.45) is 0. The van der Waals surface area contributed by atoms with Crippen LogP contribution in [0.2, 0.25) is 0 Å². The van der Waals surface area contributed by atoms with Gasteiger partial charge in [0.25, 0.3) is 0 Å². The largest absolute Gasteiger partial charge is 0.310 e. The second-order valence-corrected chi connectivity index (χ2v) is 13.3. The van der Waals surface area contributed by atoms with Crippen LogP contribution in [0.4, 0.5) is 17.1 Å². The lowest BCUT2D eigenvalue weighted by Crippen LogP contribution is -2.09. The van der Waals surface area contributed by atoms with Crippen molar-refractivity contribution in [2.24, 2.45) is 0 Å². The van der Waals surface area contributed by atoms with Crippen LogP contribution in [0.15, 0.2) is 200 Å². The van der Waals surface area contributed by atoms with Gasteiger partial charge in [0, 0.05) is 17.1 Å². The zero-order valence-electron chi connectivity index (χ0n) is 28.0. The van der Waals surface area contributed by atoms with Crippen molar-refractivity contribution in [3.05, 3.63) is 200 Å². The predicted molar refractivity (Wildman–Crippen MR) is 220 cm³/mol. The summed E-state index contributed by atoms with van der Waals surface area (Å²) in [5.74, 6) is 0. The molecule has 0 aliphatic carbocycles. The standard InChI is InChI=1S/C50H33N/c1-2-12-37-33-44(30-21-34(37)11-1)51(42-26-22-35(23-27-42)49-45-17-7-3-13-38(45)31-39-14-4-8-18-46(39)49)43-28-24-36(25-29-43)50-47-19-9-5-15-40(47)32-41-16-6-10-20-48(41)50/h1-33H. The second-order valence-electron chi connectivity index (χ2n) is 13.3. The van der Waals surface area contributed by atoms with Crippen LogP contribution in [0.3, 0.4) is 0 Å². The molecule has 51 heavy (non-hydrogen) atoms. The molecule has 0 atom stereocenters. The molecular weight excluding hydrogens is 615 g/mol. The topological polar surface area (TPSA) is 3.24 Å². The summed E-state index contributed by atoms with van der Waals surface area (Å²) in [6.45, 7) is 0. The first-order valence-electron chi connectivity index (χ1n) is 17.6. The van der Waals surface area contributed by atoms with Gasteiger partial charge in [-0.2, -0.15) is 0 Å². The molecule has 0 saturated carbocycles. The van der Waals surface area contributed by atoms with E-state index in [1.54, 1.807) is 0 Å². The van der Waals surface area contributed by atoms with E-state index >= 15 is 0 Å². The molecule has 0 aliphatic rings. The van der Waals surface area contributed by atoms with Crippen LogP contribution in [-0.4, -0.2) is 0 Å². The molecule has 238 valence electrons. The normalized spacial score (nSPS) is 11.5. The molecule has 0 spiro atoms. The molecule has 0 bridgehead atoms. The van der Waals surface area contributed by atoms with Gasteiger partial charge in [-0.05, 0) is 125 Å². The molecular formula is C50H33N. The molecule has 0 aliphatic heterocycles. The Labute approximate surface area is 297 Å². The summed E-state index contributed by atoms with van der Waals surface area (Å²) in [6, 6.07) is 73.1. The maximum Gasteiger partial charge on any atom is 0.0468 e. The maximum absolute atomic E-state index is 2.38. The van der Waals surface area contributed by atoms with Crippen molar-refractivity contribution in [1.82, 2.24) is 0 Å². The highest BCUT2D eigenvalue weighted by Gasteiger charge is 2.17. The fraction of sp³-hybridized carbons (Fsp3) is 0. The SMILES string of the molecule is c1ccc2cc(N(c3ccc(-c4c5ccccc5cc5ccccc45)cc3)c3ccc(-c4c5ccccc5cc5ccccc45)cc3)ccc2c1. The number of anilines is 3. The van der Waals surface area contributed by atoms with E-state index in [4.69, 9.17) is 0 Å². The highest BCUT2D eigenvalue weighted by atomic mass is 15.1. The minimum absolute atomic E-state index is 1.11. The van der Waals surface area contributed by atoms with Gasteiger partial charge < -0.3 is 4.90 Å². The first-order valence-corrected chi connectivity index (χ1v) is 17.6. The summed E-state index contributed by atoms with van der Waals surface area (Å²) in [5, 5.41) is 12.6. The lowest BCUT2D eigenvalue weighted by atomic mass is 9.91. The van der Waals surface area contributed by atoms with E-state index < -0.39 is 0 Å². The van der Waals surface area contributed by atoms with Gasteiger partial charge in [0.1, 0.15) is 0 Å². The minimum atomic E-state index is 1.11. The van der Waals surface area contributed by atoms with E-state index in [-0.39, 0.29) is 0 Å². The van der Waals surface area contributed by atoms with E-state index in [2.05, 4.69) is 205 Å². The summed E-state index contributed by atoms with van der Waals surface area (Å²) < 4.78 is 0. The fourth-order valence-electron chi connectivity index (χ4n) is 7.97. The van der Waals surface area contributed by atoms with Crippen LogP contribution in [-0.2, 0) is 0 Å². The molecule has 0 amide bonds. The Morgan fingerprint density at radius 3 is 0.980 bits per heavy atom. The minimum Gasteiger partial charge on any atom is -0.310 e. The Kier molecular flexibility index (Phi) is 6.89. The van der Waals surface area contributed by atoms with Gasteiger partial charge in [0.05, 0.1) is 0 Å². The average molecular weight is 648 g/mol. The molecule has 0 fully saturated rings. The number of hydrogen-bond donors (Lipinski definition) is 0. The van der Waals surface area contributed by atoms with Crippen molar-refractivity contribution in [2.45, 2.75) is 0 Å². The molecule has 0 N–H and O–H groups in total. The number of benzene rings is 10.